The highest BCUT2D eigenvalue weighted by atomic mass is 35.5. The van der Waals surface area contributed by atoms with Crippen molar-refractivity contribution in [1.82, 2.24) is 4.90 Å². The molecule has 6 nitrogen and oxygen atoms in total. The van der Waals surface area contributed by atoms with Gasteiger partial charge in [-0.15, -0.1) is 0 Å². The van der Waals surface area contributed by atoms with Crippen LogP contribution < -0.4 is 4.74 Å². The third-order valence-corrected chi connectivity index (χ3v) is 5.95. The topological polar surface area (TPSA) is 76.1 Å². The van der Waals surface area contributed by atoms with Gasteiger partial charge >= 0.3 is 0 Å². The number of nitrogens with zero attached hydrogens (tertiary/aromatic N) is 1. The van der Waals surface area contributed by atoms with Gasteiger partial charge in [0.2, 0.25) is 0 Å². The number of carbonyl (C=O) groups is 2. The van der Waals surface area contributed by atoms with Crippen molar-refractivity contribution in [3.63, 3.8) is 0 Å². The number of likely N-dealkylation sites (tertiary alicyclic amines) is 1. The van der Waals surface area contributed by atoms with E-state index in [2.05, 4.69) is 6.92 Å². The molecule has 1 aliphatic heterocycles. The van der Waals surface area contributed by atoms with Gasteiger partial charge in [0.25, 0.3) is 11.7 Å². The summed E-state index contributed by atoms with van der Waals surface area (Å²) in [5, 5.41) is 11.7. The number of aliphatic hydroxyl groups excluding tert-OH is 1. The minimum atomic E-state index is -0.754. The third kappa shape index (κ3) is 5.07. The number of halogens is 1. The monoisotopic (exact) mass is 471 g/mol. The zero-order chi connectivity index (χ0) is 24.3. The van der Waals surface area contributed by atoms with Crippen LogP contribution in [0.1, 0.15) is 49.1 Å². The molecule has 0 radical (unpaired) electrons. The maximum Gasteiger partial charge on any atom is 0.295 e. The molecule has 1 N–H and O–H groups in total. The van der Waals surface area contributed by atoms with E-state index in [4.69, 9.17) is 21.1 Å². The van der Waals surface area contributed by atoms with Gasteiger partial charge < -0.3 is 19.5 Å². The van der Waals surface area contributed by atoms with E-state index in [1.165, 1.54) is 12.0 Å². The standard InChI is InChI=1S/C26H30ClNO5/c1-6-17-7-9-18(10-8-17)22-21(24(30)26(31)28(22)11-12-33-15(2)3)23(29)19-13-16(4)14-20(27)25(19)32-5/h7-10,13-15,22,29H,6,11-12H2,1-5H3/b23-21+. The SMILES string of the molecule is CCc1ccc(C2/C(=C(\O)c3cc(C)cc(Cl)c3OC)C(=O)C(=O)N2CCOC(C)C)cc1. The lowest BCUT2D eigenvalue weighted by Crippen LogP contribution is -2.33. The van der Waals surface area contributed by atoms with Crippen LogP contribution in [0.3, 0.4) is 0 Å². The van der Waals surface area contributed by atoms with Gasteiger partial charge in [0.15, 0.2) is 0 Å². The fraction of sp³-hybridized carbons (Fsp3) is 0.385. The molecule has 1 amide bonds. The van der Waals surface area contributed by atoms with Crippen LogP contribution >= 0.6 is 11.6 Å². The number of rotatable bonds is 8. The summed E-state index contributed by atoms with van der Waals surface area (Å²) in [6, 6.07) is 10.3. The van der Waals surface area contributed by atoms with Crippen LogP contribution in [0.2, 0.25) is 5.02 Å². The van der Waals surface area contributed by atoms with Crippen molar-refractivity contribution < 1.29 is 24.2 Å². The number of ether oxygens (including phenoxy) is 2. The van der Waals surface area contributed by atoms with Crippen LogP contribution in [0, 0.1) is 6.92 Å². The first kappa shape index (κ1) is 24.8. The Morgan fingerprint density at radius 2 is 1.85 bits per heavy atom. The van der Waals surface area contributed by atoms with Gasteiger partial charge in [0.05, 0.1) is 42.0 Å². The average Bonchev–Trinajstić information content (AvgIpc) is 3.03. The zero-order valence-corrected chi connectivity index (χ0v) is 20.4. The van der Waals surface area contributed by atoms with Crippen LogP contribution in [0.4, 0.5) is 0 Å². The molecule has 1 heterocycles. The van der Waals surface area contributed by atoms with E-state index in [-0.39, 0.29) is 41.9 Å². The Kier molecular flexibility index (Phi) is 7.82. The largest absolute Gasteiger partial charge is 0.507 e. The first-order valence-electron chi connectivity index (χ1n) is 11.0. The number of benzene rings is 2. The average molecular weight is 472 g/mol. The Morgan fingerprint density at radius 1 is 1.18 bits per heavy atom. The highest BCUT2D eigenvalue weighted by molar-refractivity contribution is 6.46. The van der Waals surface area contributed by atoms with Crippen molar-refractivity contribution in [2.75, 3.05) is 20.3 Å². The molecule has 0 bridgehead atoms. The van der Waals surface area contributed by atoms with E-state index in [0.29, 0.717) is 5.02 Å². The number of carbonyl (C=O) groups excluding carboxylic acids is 2. The number of aliphatic hydroxyl groups is 1. The molecule has 2 aromatic rings. The first-order valence-corrected chi connectivity index (χ1v) is 11.4. The van der Waals surface area contributed by atoms with E-state index in [0.717, 1.165) is 23.1 Å². The van der Waals surface area contributed by atoms with Crippen molar-refractivity contribution >= 4 is 29.1 Å². The van der Waals surface area contributed by atoms with E-state index < -0.39 is 17.7 Å². The summed E-state index contributed by atoms with van der Waals surface area (Å²) in [4.78, 5) is 27.7. The normalized spacial score (nSPS) is 17.8. The van der Waals surface area contributed by atoms with Gasteiger partial charge in [-0.2, -0.15) is 0 Å². The molecule has 1 unspecified atom stereocenters. The molecule has 3 rings (SSSR count). The quantitative estimate of drug-likeness (QED) is 0.330. The first-order chi connectivity index (χ1) is 15.7. The van der Waals surface area contributed by atoms with Gasteiger partial charge in [-0.25, -0.2) is 0 Å². The van der Waals surface area contributed by atoms with Crippen LogP contribution in [0.15, 0.2) is 42.0 Å². The second-order valence-electron chi connectivity index (χ2n) is 8.33. The van der Waals surface area contributed by atoms with Crippen LogP contribution in [0.5, 0.6) is 5.75 Å². The Labute approximate surface area is 199 Å². The molecule has 0 aromatic heterocycles. The van der Waals surface area contributed by atoms with Crippen molar-refractivity contribution in [3.8, 4) is 5.75 Å². The van der Waals surface area contributed by atoms with E-state index >= 15 is 0 Å². The zero-order valence-electron chi connectivity index (χ0n) is 19.6. The lowest BCUT2D eigenvalue weighted by atomic mass is 9.93. The lowest BCUT2D eigenvalue weighted by molar-refractivity contribution is -0.140. The molecule has 0 saturated carbocycles. The lowest BCUT2D eigenvalue weighted by Gasteiger charge is -2.26. The number of amides is 1. The predicted molar refractivity (Wildman–Crippen MR) is 129 cm³/mol. The fourth-order valence-electron chi connectivity index (χ4n) is 4.04. The molecule has 0 aliphatic carbocycles. The molecule has 1 aliphatic rings. The van der Waals surface area contributed by atoms with E-state index in [1.807, 2.05) is 45.0 Å². The van der Waals surface area contributed by atoms with Crippen molar-refractivity contribution in [2.45, 2.75) is 46.3 Å². The molecule has 33 heavy (non-hydrogen) atoms. The Hall–Kier alpha value is -2.83. The summed E-state index contributed by atoms with van der Waals surface area (Å²) < 4.78 is 11.0. The molecule has 7 heteroatoms. The summed E-state index contributed by atoms with van der Waals surface area (Å²) in [5.74, 6) is -1.49. The van der Waals surface area contributed by atoms with Gasteiger partial charge in [0.1, 0.15) is 11.5 Å². The molecule has 1 saturated heterocycles. The minimum absolute atomic E-state index is 0.00811. The van der Waals surface area contributed by atoms with Crippen LogP contribution in [-0.2, 0) is 20.7 Å². The smallest absolute Gasteiger partial charge is 0.295 e. The van der Waals surface area contributed by atoms with Gasteiger partial charge in [0, 0.05) is 6.54 Å². The number of methoxy groups -OCH3 is 1. The van der Waals surface area contributed by atoms with Gasteiger partial charge in [-0.05, 0) is 56.0 Å². The highest BCUT2D eigenvalue weighted by Gasteiger charge is 2.46. The molecular weight excluding hydrogens is 442 g/mol. The molecule has 0 spiro atoms. The Balaban J connectivity index is 2.18. The summed E-state index contributed by atoms with van der Waals surface area (Å²) in [6.07, 6.45) is 0.851. The number of ketones is 1. The fourth-order valence-corrected chi connectivity index (χ4v) is 4.39. The Bertz CT molecular complexity index is 1070. The summed E-state index contributed by atoms with van der Waals surface area (Å²) in [5.41, 5.74) is 2.93. The second kappa shape index (κ2) is 10.4. The molecule has 1 atom stereocenters. The van der Waals surface area contributed by atoms with Crippen LogP contribution in [0.25, 0.3) is 5.76 Å². The minimum Gasteiger partial charge on any atom is -0.507 e. The summed E-state index contributed by atoms with van der Waals surface area (Å²) >= 11 is 6.33. The Morgan fingerprint density at radius 3 is 2.42 bits per heavy atom. The molecule has 2 aromatic carbocycles. The van der Waals surface area contributed by atoms with E-state index in [9.17, 15) is 14.7 Å². The highest BCUT2D eigenvalue weighted by Crippen LogP contribution is 2.42. The van der Waals surface area contributed by atoms with Crippen molar-refractivity contribution in [3.05, 3.63) is 69.2 Å². The summed E-state index contributed by atoms with van der Waals surface area (Å²) in [7, 11) is 1.44. The molecule has 1 fully saturated rings. The van der Waals surface area contributed by atoms with Gasteiger partial charge in [-0.1, -0.05) is 42.8 Å². The predicted octanol–water partition coefficient (Wildman–Crippen LogP) is 5.07. The van der Waals surface area contributed by atoms with Crippen LogP contribution in [-0.4, -0.2) is 48.1 Å². The maximum atomic E-state index is 13.2. The maximum absolute atomic E-state index is 13.2. The third-order valence-electron chi connectivity index (χ3n) is 5.67. The second-order valence-corrected chi connectivity index (χ2v) is 8.74. The van der Waals surface area contributed by atoms with Gasteiger partial charge in [-0.3, -0.25) is 9.59 Å². The van der Waals surface area contributed by atoms with Crippen molar-refractivity contribution in [1.29, 1.82) is 0 Å². The van der Waals surface area contributed by atoms with Crippen molar-refractivity contribution in [2.24, 2.45) is 0 Å². The number of hydrogen-bond donors (Lipinski definition) is 1. The number of hydrogen-bond acceptors (Lipinski definition) is 5. The molecule has 176 valence electrons. The number of Topliss-reactive ketones (excluding diaryl/α,β-unsaturated/α-hetero) is 1. The summed E-state index contributed by atoms with van der Waals surface area (Å²) in [6.45, 7) is 8.17. The van der Waals surface area contributed by atoms with E-state index in [1.54, 1.807) is 12.1 Å². The molecular formula is C26H30ClNO5. The number of aryl methyl sites for hydroxylation is 2.